The lowest BCUT2D eigenvalue weighted by Gasteiger charge is -2.36. The summed E-state index contributed by atoms with van der Waals surface area (Å²) in [7, 11) is 0. The van der Waals surface area contributed by atoms with Crippen molar-refractivity contribution in [1.82, 2.24) is 4.90 Å². The second kappa shape index (κ2) is 6.75. The van der Waals surface area contributed by atoms with E-state index in [0.29, 0.717) is 5.69 Å². The van der Waals surface area contributed by atoms with Crippen molar-refractivity contribution in [1.29, 1.82) is 0 Å². The number of hydrogen-bond acceptors (Lipinski definition) is 3. The van der Waals surface area contributed by atoms with Crippen LogP contribution in [0.4, 0.5) is 5.69 Å². The molecule has 1 unspecified atom stereocenters. The van der Waals surface area contributed by atoms with E-state index in [4.69, 9.17) is 0 Å². The maximum atomic E-state index is 12.9. The van der Waals surface area contributed by atoms with E-state index in [0.717, 1.165) is 31.2 Å². The van der Waals surface area contributed by atoms with Crippen molar-refractivity contribution in [2.75, 3.05) is 4.90 Å². The van der Waals surface area contributed by atoms with Gasteiger partial charge in [0.1, 0.15) is 6.04 Å². The molecule has 1 saturated heterocycles. The van der Waals surface area contributed by atoms with Crippen molar-refractivity contribution in [2.45, 2.75) is 64.5 Å². The predicted molar refractivity (Wildman–Crippen MR) is 91.5 cm³/mol. The van der Waals surface area contributed by atoms with Crippen molar-refractivity contribution in [3.63, 3.8) is 0 Å². The van der Waals surface area contributed by atoms with Crippen LogP contribution < -0.4 is 4.90 Å². The lowest BCUT2D eigenvalue weighted by Crippen LogP contribution is -2.50. The van der Waals surface area contributed by atoms with Crippen molar-refractivity contribution in [2.24, 2.45) is 0 Å². The second-order valence-corrected chi connectivity index (χ2v) is 6.84. The first-order valence-corrected chi connectivity index (χ1v) is 8.71. The molecule has 1 aromatic carbocycles. The Balaban J connectivity index is 1.85. The third-order valence-corrected chi connectivity index (χ3v) is 5.08. The fourth-order valence-corrected chi connectivity index (χ4v) is 3.89. The lowest BCUT2D eigenvalue weighted by atomic mass is 9.92. The van der Waals surface area contributed by atoms with E-state index in [-0.39, 0.29) is 30.2 Å². The van der Waals surface area contributed by atoms with Crippen molar-refractivity contribution < 1.29 is 14.4 Å². The number of anilines is 1. The summed E-state index contributed by atoms with van der Waals surface area (Å²) >= 11 is 0. The van der Waals surface area contributed by atoms with Crippen LogP contribution in [-0.2, 0) is 14.4 Å². The average molecular weight is 328 g/mol. The van der Waals surface area contributed by atoms with Gasteiger partial charge < -0.3 is 4.90 Å². The average Bonchev–Trinajstić information content (AvgIpc) is 2.84. The molecule has 1 aliphatic carbocycles. The molecule has 1 aliphatic heterocycles. The molecule has 5 heteroatoms. The highest BCUT2D eigenvalue weighted by Crippen LogP contribution is 2.31. The lowest BCUT2D eigenvalue weighted by molar-refractivity contribution is -0.140. The minimum atomic E-state index is -0.653. The van der Waals surface area contributed by atoms with Gasteiger partial charge in [0, 0.05) is 13.0 Å². The number of benzene rings is 1. The first-order chi connectivity index (χ1) is 11.5. The number of carbonyl (C=O) groups is 3. The number of amides is 3. The number of rotatable bonds is 3. The number of hydrogen-bond donors (Lipinski definition) is 0. The monoisotopic (exact) mass is 328 g/mol. The molecule has 1 aromatic rings. The van der Waals surface area contributed by atoms with Crippen molar-refractivity contribution in [3.8, 4) is 0 Å². The van der Waals surface area contributed by atoms with E-state index < -0.39 is 6.04 Å². The highest BCUT2D eigenvalue weighted by atomic mass is 16.2. The number of carbonyl (C=O) groups excluding carboxylic acids is 3. The summed E-state index contributed by atoms with van der Waals surface area (Å²) in [5.41, 5.74) is 1.66. The SMILES string of the molecule is CC(=O)N(C1CCCCC1)C1CC(=O)N(c2ccc(C)cc2)C1=O. The van der Waals surface area contributed by atoms with Gasteiger partial charge >= 0.3 is 0 Å². The van der Waals surface area contributed by atoms with Crippen LogP contribution >= 0.6 is 0 Å². The first-order valence-electron chi connectivity index (χ1n) is 8.71. The van der Waals surface area contributed by atoms with Crippen molar-refractivity contribution >= 4 is 23.4 Å². The fraction of sp³-hybridized carbons (Fsp3) is 0.526. The molecule has 1 saturated carbocycles. The summed E-state index contributed by atoms with van der Waals surface area (Å²) < 4.78 is 0. The van der Waals surface area contributed by atoms with Gasteiger partial charge in [-0.2, -0.15) is 0 Å². The third kappa shape index (κ3) is 3.07. The molecule has 5 nitrogen and oxygen atoms in total. The van der Waals surface area contributed by atoms with E-state index in [9.17, 15) is 14.4 Å². The summed E-state index contributed by atoms with van der Waals surface area (Å²) in [6.07, 6.45) is 5.25. The number of aryl methyl sites for hydroxylation is 1. The van der Waals surface area contributed by atoms with Crippen LogP contribution in [-0.4, -0.2) is 34.7 Å². The van der Waals surface area contributed by atoms with Gasteiger partial charge in [-0.1, -0.05) is 37.0 Å². The molecule has 0 spiro atoms. The molecule has 0 N–H and O–H groups in total. The molecule has 0 aromatic heterocycles. The maximum absolute atomic E-state index is 12.9. The van der Waals surface area contributed by atoms with Gasteiger partial charge in [0.25, 0.3) is 5.91 Å². The Morgan fingerprint density at radius 1 is 1.08 bits per heavy atom. The molecule has 1 heterocycles. The maximum Gasteiger partial charge on any atom is 0.257 e. The highest BCUT2D eigenvalue weighted by Gasteiger charge is 2.45. The van der Waals surface area contributed by atoms with Crippen molar-refractivity contribution in [3.05, 3.63) is 29.8 Å². The molecule has 1 atom stereocenters. The second-order valence-electron chi connectivity index (χ2n) is 6.84. The van der Waals surface area contributed by atoms with E-state index in [2.05, 4.69) is 0 Å². The molecule has 3 rings (SSSR count). The Kier molecular flexibility index (Phi) is 4.69. The van der Waals surface area contributed by atoms with Gasteiger partial charge in [-0.3, -0.25) is 14.4 Å². The van der Waals surface area contributed by atoms with Gasteiger partial charge in [-0.25, -0.2) is 4.90 Å². The molecule has 128 valence electrons. The van der Waals surface area contributed by atoms with E-state index in [1.54, 1.807) is 17.0 Å². The summed E-state index contributed by atoms with van der Waals surface area (Å²) in [5, 5.41) is 0. The van der Waals surface area contributed by atoms with Crippen LogP contribution in [0.1, 0.15) is 51.0 Å². The van der Waals surface area contributed by atoms with Gasteiger partial charge in [0.05, 0.1) is 12.1 Å². The van der Waals surface area contributed by atoms with Crippen LogP contribution in [0.2, 0.25) is 0 Å². The Morgan fingerprint density at radius 3 is 2.29 bits per heavy atom. The molecular formula is C19H24N2O3. The Labute approximate surface area is 142 Å². The Hall–Kier alpha value is -2.17. The molecule has 2 fully saturated rings. The normalized spacial score (nSPS) is 22.1. The summed E-state index contributed by atoms with van der Waals surface area (Å²) in [6, 6.07) is 6.76. The van der Waals surface area contributed by atoms with Crippen LogP contribution in [0.3, 0.4) is 0 Å². The zero-order chi connectivity index (χ0) is 17.3. The predicted octanol–water partition coefficient (Wildman–Crippen LogP) is 2.81. The molecule has 2 aliphatic rings. The Bertz CT molecular complexity index is 647. The smallest absolute Gasteiger partial charge is 0.257 e. The topological polar surface area (TPSA) is 57.7 Å². The van der Waals surface area contributed by atoms with Crippen LogP contribution in [0.5, 0.6) is 0 Å². The molecular weight excluding hydrogens is 304 g/mol. The van der Waals surface area contributed by atoms with Gasteiger partial charge in [0.2, 0.25) is 11.8 Å². The summed E-state index contributed by atoms with van der Waals surface area (Å²) in [5.74, 6) is -0.612. The minimum Gasteiger partial charge on any atom is -0.327 e. The first kappa shape index (κ1) is 16.7. The molecule has 3 amide bonds. The van der Waals surface area contributed by atoms with E-state index in [1.807, 2.05) is 19.1 Å². The standard InChI is InChI=1S/C19H24N2O3/c1-13-8-10-16(11-9-13)21-18(23)12-17(19(21)24)20(14(2)22)15-6-4-3-5-7-15/h8-11,15,17H,3-7,12H2,1-2H3. The third-order valence-electron chi connectivity index (χ3n) is 5.08. The largest absolute Gasteiger partial charge is 0.327 e. The van der Waals surface area contributed by atoms with Crippen LogP contribution in [0.25, 0.3) is 0 Å². The van der Waals surface area contributed by atoms with Crippen LogP contribution in [0.15, 0.2) is 24.3 Å². The van der Waals surface area contributed by atoms with Crippen LogP contribution in [0, 0.1) is 6.92 Å². The quantitative estimate of drug-likeness (QED) is 0.802. The van der Waals surface area contributed by atoms with E-state index in [1.165, 1.54) is 18.2 Å². The minimum absolute atomic E-state index is 0.0796. The van der Waals surface area contributed by atoms with Gasteiger partial charge in [-0.05, 0) is 31.9 Å². The van der Waals surface area contributed by atoms with Gasteiger partial charge in [-0.15, -0.1) is 0 Å². The van der Waals surface area contributed by atoms with Gasteiger partial charge in [0.15, 0.2) is 0 Å². The fourth-order valence-electron chi connectivity index (χ4n) is 3.89. The molecule has 24 heavy (non-hydrogen) atoms. The zero-order valence-corrected chi connectivity index (χ0v) is 14.3. The number of nitrogens with zero attached hydrogens (tertiary/aromatic N) is 2. The van der Waals surface area contributed by atoms with E-state index >= 15 is 0 Å². The molecule has 0 bridgehead atoms. The highest BCUT2D eigenvalue weighted by molar-refractivity contribution is 6.23. The zero-order valence-electron chi connectivity index (χ0n) is 14.3. The number of imide groups is 1. The Morgan fingerprint density at radius 2 is 1.71 bits per heavy atom. The molecule has 0 radical (unpaired) electrons. The summed E-state index contributed by atoms with van der Waals surface area (Å²) in [6.45, 7) is 3.46. The summed E-state index contributed by atoms with van der Waals surface area (Å²) in [4.78, 5) is 40.5.